The van der Waals surface area contributed by atoms with Crippen molar-refractivity contribution in [2.45, 2.75) is 20.4 Å². The van der Waals surface area contributed by atoms with E-state index in [-0.39, 0.29) is 23.1 Å². The van der Waals surface area contributed by atoms with E-state index in [1.165, 1.54) is 6.07 Å². The predicted octanol–water partition coefficient (Wildman–Crippen LogP) is 2.09. The normalized spacial score (nSPS) is 10.4. The van der Waals surface area contributed by atoms with Gasteiger partial charge in [-0.15, -0.1) is 11.3 Å². The fourth-order valence-electron chi connectivity index (χ4n) is 1.85. The molecule has 21 heavy (non-hydrogen) atoms. The number of carboxylic acid groups (broad SMARTS) is 1. The van der Waals surface area contributed by atoms with Crippen molar-refractivity contribution in [2.75, 3.05) is 0 Å². The average Bonchev–Trinajstić information content (AvgIpc) is 2.80. The molecule has 0 radical (unpaired) electrons. The summed E-state index contributed by atoms with van der Waals surface area (Å²) in [5.74, 6) is -1.31. The summed E-state index contributed by atoms with van der Waals surface area (Å²) < 4.78 is 0. The van der Waals surface area contributed by atoms with E-state index < -0.39 is 5.97 Å². The molecule has 0 aliphatic heterocycles. The standard InChI is InChI=1S/C14H14N2O4S/c1-7-9(4-3-5-10(7)17)13(18)15-6-11-16-8(2)12(21-11)14(19)20/h3-5,17H,6H2,1-2H3,(H,15,18)(H,19,20). The number of aromatic carboxylic acids is 1. The lowest BCUT2D eigenvalue weighted by atomic mass is 10.1. The average molecular weight is 306 g/mol. The van der Waals surface area contributed by atoms with Gasteiger partial charge in [0.1, 0.15) is 15.6 Å². The maximum atomic E-state index is 12.1. The van der Waals surface area contributed by atoms with Gasteiger partial charge in [-0.2, -0.15) is 0 Å². The van der Waals surface area contributed by atoms with Gasteiger partial charge < -0.3 is 15.5 Å². The van der Waals surface area contributed by atoms with E-state index in [1.54, 1.807) is 26.0 Å². The van der Waals surface area contributed by atoms with Crippen LogP contribution in [0.5, 0.6) is 5.75 Å². The number of hydrogen-bond donors (Lipinski definition) is 3. The Morgan fingerprint density at radius 1 is 1.33 bits per heavy atom. The van der Waals surface area contributed by atoms with Crippen LogP contribution in [-0.2, 0) is 6.54 Å². The Bertz CT molecular complexity index is 709. The lowest BCUT2D eigenvalue weighted by molar-refractivity contribution is 0.0701. The first-order valence-electron chi connectivity index (χ1n) is 6.16. The van der Waals surface area contributed by atoms with Crippen LogP contribution < -0.4 is 5.32 Å². The minimum Gasteiger partial charge on any atom is -0.508 e. The zero-order valence-corrected chi connectivity index (χ0v) is 12.3. The van der Waals surface area contributed by atoms with Crippen LogP contribution in [0.2, 0.25) is 0 Å². The third-order valence-electron chi connectivity index (χ3n) is 2.99. The van der Waals surface area contributed by atoms with Crippen LogP contribution in [0.1, 0.15) is 36.3 Å². The molecule has 0 fully saturated rings. The van der Waals surface area contributed by atoms with E-state index >= 15 is 0 Å². The van der Waals surface area contributed by atoms with Crippen molar-refractivity contribution in [3.05, 3.63) is 44.9 Å². The minimum absolute atomic E-state index is 0.0564. The van der Waals surface area contributed by atoms with Crippen molar-refractivity contribution in [1.82, 2.24) is 10.3 Å². The molecule has 0 saturated carbocycles. The van der Waals surface area contributed by atoms with Gasteiger partial charge in [0.05, 0.1) is 12.2 Å². The fourth-order valence-corrected chi connectivity index (χ4v) is 2.69. The molecule has 2 rings (SSSR count). The molecule has 0 aliphatic rings. The topological polar surface area (TPSA) is 99.5 Å². The van der Waals surface area contributed by atoms with Crippen molar-refractivity contribution in [2.24, 2.45) is 0 Å². The molecule has 0 aliphatic carbocycles. The molecule has 0 saturated heterocycles. The summed E-state index contributed by atoms with van der Waals surface area (Å²) >= 11 is 1.04. The third kappa shape index (κ3) is 3.19. The first-order chi connectivity index (χ1) is 9.90. The van der Waals surface area contributed by atoms with Crippen molar-refractivity contribution in [1.29, 1.82) is 0 Å². The van der Waals surface area contributed by atoms with Gasteiger partial charge in [0.2, 0.25) is 0 Å². The number of aromatic hydroxyl groups is 1. The van der Waals surface area contributed by atoms with Crippen molar-refractivity contribution < 1.29 is 19.8 Å². The molecule has 6 nitrogen and oxygen atoms in total. The van der Waals surface area contributed by atoms with Crippen LogP contribution in [0.15, 0.2) is 18.2 Å². The van der Waals surface area contributed by atoms with Gasteiger partial charge in [-0.3, -0.25) is 4.79 Å². The molecular formula is C14H14N2O4S. The number of phenols is 1. The van der Waals surface area contributed by atoms with Crippen LogP contribution in [-0.4, -0.2) is 27.1 Å². The maximum absolute atomic E-state index is 12.1. The highest BCUT2D eigenvalue weighted by atomic mass is 32.1. The first kappa shape index (κ1) is 15.0. The highest BCUT2D eigenvalue weighted by Gasteiger charge is 2.15. The Labute approximate surface area is 125 Å². The lowest BCUT2D eigenvalue weighted by Crippen LogP contribution is -2.23. The maximum Gasteiger partial charge on any atom is 0.347 e. The monoisotopic (exact) mass is 306 g/mol. The Morgan fingerprint density at radius 3 is 2.67 bits per heavy atom. The molecule has 1 aromatic carbocycles. The molecule has 110 valence electrons. The number of aryl methyl sites for hydroxylation is 1. The Hall–Kier alpha value is -2.41. The molecule has 1 heterocycles. The van der Waals surface area contributed by atoms with Crippen molar-refractivity contribution in [3.63, 3.8) is 0 Å². The SMILES string of the molecule is Cc1nc(CNC(=O)c2cccc(O)c2C)sc1C(=O)O. The molecule has 7 heteroatoms. The van der Waals surface area contributed by atoms with Gasteiger partial charge in [-0.1, -0.05) is 6.07 Å². The van der Waals surface area contributed by atoms with Crippen LogP contribution in [0.25, 0.3) is 0 Å². The molecule has 3 N–H and O–H groups in total. The van der Waals surface area contributed by atoms with Crippen LogP contribution in [0, 0.1) is 13.8 Å². The summed E-state index contributed by atoms with van der Waals surface area (Å²) in [4.78, 5) is 27.3. The Morgan fingerprint density at radius 2 is 2.05 bits per heavy atom. The molecule has 0 unspecified atom stereocenters. The fraction of sp³-hybridized carbons (Fsp3) is 0.214. The minimum atomic E-state index is -1.02. The highest BCUT2D eigenvalue weighted by Crippen LogP contribution is 2.20. The van der Waals surface area contributed by atoms with Gasteiger partial charge in [0.25, 0.3) is 5.91 Å². The number of thiazole rings is 1. The van der Waals surface area contributed by atoms with E-state index in [4.69, 9.17) is 5.11 Å². The largest absolute Gasteiger partial charge is 0.508 e. The van der Waals surface area contributed by atoms with Crippen molar-refractivity contribution >= 4 is 23.2 Å². The van der Waals surface area contributed by atoms with E-state index in [1.807, 2.05) is 0 Å². The van der Waals surface area contributed by atoms with E-state index in [0.29, 0.717) is 21.8 Å². The molecule has 0 bridgehead atoms. The third-order valence-corrected chi connectivity index (χ3v) is 4.13. The second-order valence-electron chi connectivity index (χ2n) is 4.46. The quantitative estimate of drug-likeness (QED) is 0.803. The predicted molar refractivity (Wildman–Crippen MR) is 77.8 cm³/mol. The summed E-state index contributed by atoms with van der Waals surface area (Å²) in [5, 5.41) is 21.7. The van der Waals surface area contributed by atoms with E-state index in [0.717, 1.165) is 11.3 Å². The highest BCUT2D eigenvalue weighted by molar-refractivity contribution is 7.13. The second-order valence-corrected chi connectivity index (χ2v) is 5.54. The number of rotatable bonds is 4. The molecule has 2 aromatic rings. The number of benzene rings is 1. The van der Waals surface area contributed by atoms with E-state index in [2.05, 4.69) is 10.3 Å². The summed E-state index contributed by atoms with van der Waals surface area (Å²) in [5.41, 5.74) is 1.31. The number of carbonyl (C=O) groups excluding carboxylic acids is 1. The summed E-state index contributed by atoms with van der Waals surface area (Å²) in [6.07, 6.45) is 0. The molecule has 0 atom stereocenters. The second kappa shape index (κ2) is 5.92. The number of nitrogens with zero attached hydrogens (tertiary/aromatic N) is 1. The van der Waals surface area contributed by atoms with Gasteiger partial charge in [-0.05, 0) is 26.0 Å². The number of hydrogen-bond acceptors (Lipinski definition) is 5. The first-order valence-corrected chi connectivity index (χ1v) is 6.98. The van der Waals surface area contributed by atoms with Gasteiger partial charge in [-0.25, -0.2) is 9.78 Å². The lowest BCUT2D eigenvalue weighted by Gasteiger charge is -2.07. The summed E-state index contributed by atoms with van der Waals surface area (Å²) in [6.45, 7) is 3.41. The molecule has 1 aromatic heterocycles. The number of nitrogens with one attached hydrogen (secondary N) is 1. The molecule has 0 spiro atoms. The van der Waals surface area contributed by atoms with E-state index in [9.17, 15) is 14.7 Å². The van der Waals surface area contributed by atoms with Gasteiger partial charge >= 0.3 is 5.97 Å². The van der Waals surface area contributed by atoms with Crippen LogP contribution in [0.4, 0.5) is 0 Å². The number of carbonyl (C=O) groups is 2. The summed E-state index contributed by atoms with van der Waals surface area (Å²) in [7, 11) is 0. The van der Waals surface area contributed by atoms with Crippen LogP contribution >= 0.6 is 11.3 Å². The number of carboxylic acids is 1. The Balaban J connectivity index is 2.09. The van der Waals surface area contributed by atoms with Gasteiger partial charge in [0.15, 0.2) is 0 Å². The smallest absolute Gasteiger partial charge is 0.347 e. The number of phenolic OH excluding ortho intramolecular Hbond substituents is 1. The number of aromatic nitrogens is 1. The number of amides is 1. The Kier molecular flexibility index (Phi) is 4.23. The summed E-state index contributed by atoms with van der Waals surface area (Å²) in [6, 6.07) is 4.71. The zero-order valence-electron chi connectivity index (χ0n) is 11.5. The molecule has 1 amide bonds. The van der Waals surface area contributed by atoms with Crippen molar-refractivity contribution in [3.8, 4) is 5.75 Å². The molecular weight excluding hydrogens is 292 g/mol. The van der Waals surface area contributed by atoms with Gasteiger partial charge in [0, 0.05) is 11.1 Å². The van der Waals surface area contributed by atoms with Crippen LogP contribution in [0.3, 0.4) is 0 Å². The zero-order chi connectivity index (χ0) is 15.6.